The molecular weight excluding hydrogens is 242 g/mol. The van der Waals surface area contributed by atoms with Gasteiger partial charge in [0.15, 0.2) is 0 Å². The van der Waals surface area contributed by atoms with Crippen LogP contribution in [-0.4, -0.2) is 38.9 Å². The number of carbonyl (C=O) groups excluding carboxylic acids is 1. The molecule has 2 heterocycles. The van der Waals surface area contributed by atoms with Crippen molar-refractivity contribution in [2.75, 3.05) is 13.1 Å². The molecule has 2 N–H and O–H groups in total. The summed E-state index contributed by atoms with van der Waals surface area (Å²) in [7, 11) is 0. The van der Waals surface area contributed by atoms with E-state index in [0.717, 1.165) is 32.4 Å². The molecule has 1 saturated heterocycles. The average molecular weight is 265 g/mol. The standard InChI is InChI=1S/C13H23N5O/c1-3-13(4-2)5-6-17(10-13)12(19)9-18-8-11(7-14)15-16-18/h8H,3-7,9-10,14H2,1-2H3. The molecule has 0 unspecified atom stereocenters. The minimum atomic E-state index is 0.122. The van der Waals surface area contributed by atoms with Crippen LogP contribution in [0.25, 0.3) is 0 Å². The van der Waals surface area contributed by atoms with E-state index in [1.165, 1.54) is 0 Å². The van der Waals surface area contributed by atoms with Crippen molar-refractivity contribution in [2.45, 2.75) is 46.2 Å². The van der Waals surface area contributed by atoms with Crippen LogP contribution in [0.2, 0.25) is 0 Å². The van der Waals surface area contributed by atoms with Gasteiger partial charge in [0.05, 0.1) is 11.9 Å². The third kappa shape index (κ3) is 2.94. The maximum Gasteiger partial charge on any atom is 0.244 e. The zero-order valence-electron chi connectivity index (χ0n) is 11.8. The van der Waals surface area contributed by atoms with Gasteiger partial charge in [-0.2, -0.15) is 0 Å². The zero-order valence-corrected chi connectivity index (χ0v) is 11.8. The Balaban J connectivity index is 1.94. The van der Waals surface area contributed by atoms with Gasteiger partial charge in [-0.3, -0.25) is 4.79 Å². The Kier molecular flexibility index (Phi) is 4.19. The van der Waals surface area contributed by atoms with Crippen molar-refractivity contribution in [3.63, 3.8) is 0 Å². The van der Waals surface area contributed by atoms with Gasteiger partial charge < -0.3 is 10.6 Å². The summed E-state index contributed by atoms with van der Waals surface area (Å²) in [4.78, 5) is 14.2. The Morgan fingerprint density at radius 2 is 2.21 bits per heavy atom. The first-order valence-corrected chi connectivity index (χ1v) is 6.99. The Hall–Kier alpha value is -1.43. The molecule has 0 bridgehead atoms. The molecule has 6 heteroatoms. The molecule has 2 rings (SSSR count). The van der Waals surface area contributed by atoms with Crippen molar-refractivity contribution in [1.29, 1.82) is 0 Å². The summed E-state index contributed by atoms with van der Waals surface area (Å²) in [5, 5.41) is 7.81. The molecular formula is C13H23N5O. The predicted molar refractivity (Wildman–Crippen MR) is 72.1 cm³/mol. The second-order valence-electron chi connectivity index (χ2n) is 5.38. The predicted octanol–water partition coefficient (Wildman–Crippen LogP) is 0.776. The van der Waals surface area contributed by atoms with E-state index < -0.39 is 0 Å². The smallest absolute Gasteiger partial charge is 0.244 e. The first-order chi connectivity index (χ1) is 9.12. The normalized spacial score (nSPS) is 17.9. The number of nitrogens with two attached hydrogens (primary N) is 1. The van der Waals surface area contributed by atoms with E-state index in [4.69, 9.17) is 5.73 Å². The van der Waals surface area contributed by atoms with Crippen LogP contribution in [0.15, 0.2) is 6.20 Å². The van der Waals surface area contributed by atoms with E-state index in [-0.39, 0.29) is 12.5 Å². The summed E-state index contributed by atoms with van der Waals surface area (Å²) < 4.78 is 1.57. The van der Waals surface area contributed by atoms with Crippen LogP contribution >= 0.6 is 0 Å². The van der Waals surface area contributed by atoms with Crippen LogP contribution in [0.5, 0.6) is 0 Å². The highest BCUT2D eigenvalue weighted by Crippen LogP contribution is 2.36. The molecule has 0 spiro atoms. The minimum absolute atomic E-state index is 0.122. The molecule has 0 aliphatic carbocycles. The van der Waals surface area contributed by atoms with Crippen LogP contribution in [-0.2, 0) is 17.9 Å². The van der Waals surface area contributed by atoms with Crippen LogP contribution in [0.3, 0.4) is 0 Å². The summed E-state index contributed by atoms with van der Waals surface area (Å²) in [5.74, 6) is 0.122. The largest absolute Gasteiger partial charge is 0.341 e. The summed E-state index contributed by atoms with van der Waals surface area (Å²) in [6, 6.07) is 0. The summed E-state index contributed by atoms with van der Waals surface area (Å²) >= 11 is 0. The maximum absolute atomic E-state index is 12.2. The number of aromatic nitrogens is 3. The van der Waals surface area contributed by atoms with Gasteiger partial charge >= 0.3 is 0 Å². The lowest BCUT2D eigenvalue weighted by atomic mass is 9.82. The van der Waals surface area contributed by atoms with Crippen molar-refractivity contribution >= 4 is 5.91 Å². The molecule has 1 aromatic rings. The number of hydrogen-bond acceptors (Lipinski definition) is 4. The number of rotatable bonds is 5. The molecule has 0 atom stereocenters. The molecule has 1 amide bonds. The number of nitrogens with zero attached hydrogens (tertiary/aromatic N) is 4. The van der Waals surface area contributed by atoms with Gasteiger partial charge in [0.25, 0.3) is 0 Å². The Morgan fingerprint density at radius 3 is 2.74 bits per heavy atom. The summed E-state index contributed by atoms with van der Waals surface area (Å²) in [5.41, 5.74) is 6.51. The van der Waals surface area contributed by atoms with Crippen molar-refractivity contribution < 1.29 is 4.79 Å². The van der Waals surface area contributed by atoms with Crippen LogP contribution in [0.1, 0.15) is 38.8 Å². The number of likely N-dealkylation sites (tertiary alicyclic amines) is 1. The second-order valence-corrected chi connectivity index (χ2v) is 5.38. The van der Waals surface area contributed by atoms with E-state index in [2.05, 4.69) is 24.2 Å². The highest BCUT2D eigenvalue weighted by Gasteiger charge is 2.36. The highest BCUT2D eigenvalue weighted by molar-refractivity contribution is 5.76. The molecule has 6 nitrogen and oxygen atoms in total. The minimum Gasteiger partial charge on any atom is -0.341 e. The summed E-state index contributed by atoms with van der Waals surface area (Å²) in [6.07, 6.45) is 5.11. The van der Waals surface area contributed by atoms with Crippen molar-refractivity contribution in [3.05, 3.63) is 11.9 Å². The van der Waals surface area contributed by atoms with Crippen molar-refractivity contribution in [1.82, 2.24) is 19.9 Å². The number of hydrogen-bond donors (Lipinski definition) is 1. The van der Waals surface area contributed by atoms with Gasteiger partial charge in [-0.05, 0) is 24.7 Å². The Bertz CT molecular complexity index is 438. The lowest BCUT2D eigenvalue weighted by Gasteiger charge is -2.26. The number of amides is 1. The van der Waals surface area contributed by atoms with Crippen molar-refractivity contribution in [2.24, 2.45) is 11.1 Å². The van der Waals surface area contributed by atoms with Crippen molar-refractivity contribution in [3.8, 4) is 0 Å². The Morgan fingerprint density at radius 1 is 1.47 bits per heavy atom. The molecule has 1 aromatic heterocycles. The van der Waals surface area contributed by atoms with Crippen LogP contribution in [0.4, 0.5) is 0 Å². The van der Waals surface area contributed by atoms with Gasteiger partial charge in [0.2, 0.25) is 5.91 Å². The van der Waals surface area contributed by atoms with E-state index in [0.29, 0.717) is 17.7 Å². The second kappa shape index (κ2) is 5.69. The monoisotopic (exact) mass is 265 g/mol. The Labute approximate surface area is 113 Å². The van der Waals surface area contributed by atoms with E-state index in [1.807, 2.05) is 4.90 Å². The van der Waals surface area contributed by atoms with Gasteiger partial charge in [-0.15, -0.1) is 5.10 Å². The van der Waals surface area contributed by atoms with Gasteiger partial charge in [0.1, 0.15) is 6.54 Å². The average Bonchev–Trinajstić information content (AvgIpc) is 3.05. The fraction of sp³-hybridized carbons (Fsp3) is 0.769. The van der Waals surface area contributed by atoms with E-state index in [9.17, 15) is 4.79 Å². The molecule has 1 aliphatic rings. The fourth-order valence-electron chi connectivity index (χ4n) is 2.72. The molecule has 0 saturated carbocycles. The highest BCUT2D eigenvalue weighted by atomic mass is 16.2. The van der Waals surface area contributed by atoms with Crippen LogP contribution < -0.4 is 5.73 Å². The third-order valence-corrected chi connectivity index (χ3v) is 4.38. The lowest BCUT2D eigenvalue weighted by Crippen LogP contribution is -2.34. The molecule has 19 heavy (non-hydrogen) atoms. The SMILES string of the molecule is CCC1(CC)CCN(C(=O)Cn2cc(CN)nn2)C1. The number of carbonyl (C=O) groups is 1. The lowest BCUT2D eigenvalue weighted by molar-refractivity contribution is -0.131. The molecule has 1 fully saturated rings. The topological polar surface area (TPSA) is 77.0 Å². The van der Waals surface area contributed by atoms with Gasteiger partial charge in [-0.1, -0.05) is 19.1 Å². The first kappa shape index (κ1) is 14.0. The third-order valence-electron chi connectivity index (χ3n) is 4.38. The van der Waals surface area contributed by atoms with E-state index in [1.54, 1.807) is 10.9 Å². The zero-order chi connectivity index (χ0) is 13.9. The van der Waals surface area contributed by atoms with Gasteiger partial charge in [0, 0.05) is 19.6 Å². The van der Waals surface area contributed by atoms with Crippen LogP contribution in [0, 0.1) is 5.41 Å². The van der Waals surface area contributed by atoms with E-state index >= 15 is 0 Å². The maximum atomic E-state index is 12.2. The fourth-order valence-corrected chi connectivity index (χ4v) is 2.72. The summed E-state index contributed by atoms with van der Waals surface area (Å²) in [6.45, 7) is 6.77. The molecule has 1 aliphatic heterocycles. The quantitative estimate of drug-likeness (QED) is 0.853. The molecule has 0 radical (unpaired) electrons. The molecule has 106 valence electrons. The molecule has 0 aromatic carbocycles. The first-order valence-electron chi connectivity index (χ1n) is 6.99. The van der Waals surface area contributed by atoms with Gasteiger partial charge in [-0.25, -0.2) is 4.68 Å².